The number of hydrogen-bond donors (Lipinski definition) is 2. The van der Waals surface area contributed by atoms with Gasteiger partial charge in [-0.1, -0.05) is 0 Å². The molecule has 96 valence electrons. The summed E-state index contributed by atoms with van der Waals surface area (Å²) in [7, 11) is 0. The van der Waals surface area contributed by atoms with Crippen molar-refractivity contribution in [2.45, 2.75) is 18.9 Å². The van der Waals surface area contributed by atoms with Gasteiger partial charge in [-0.25, -0.2) is 0 Å². The van der Waals surface area contributed by atoms with E-state index in [0.717, 1.165) is 25.9 Å². The quantitative estimate of drug-likeness (QED) is 0.860. The molecule has 6 heteroatoms. The molecule has 1 aromatic rings. The fourth-order valence-electron chi connectivity index (χ4n) is 1.75. The largest absolute Gasteiger partial charge is 0.348 e. The lowest BCUT2D eigenvalue weighted by atomic mass is 10.1. The van der Waals surface area contributed by atoms with Gasteiger partial charge < -0.3 is 10.6 Å². The number of carbonyl (C=O) groups excluding carboxylic acids is 1. The monoisotopic (exact) mass is 277 g/mol. The highest BCUT2D eigenvalue weighted by molar-refractivity contribution is 5.94. The zero-order valence-electron chi connectivity index (χ0n) is 9.39. The number of carbonyl (C=O) groups is 1. The predicted molar refractivity (Wildman–Crippen MR) is 72.1 cm³/mol. The Morgan fingerprint density at radius 2 is 2.06 bits per heavy atom. The smallest absolute Gasteiger partial charge is 0.251 e. The Hall–Kier alpha value is -0.840. The summed E-state index contributed by atoms with van der Waals surface area (Å²) in [5.74, 6) is -0.00824. The van der Waals surface area contributed by atoms with Crippen LogP contribution in [0.1, 0.15) is 23.2 Å². The number of nitrogens with one attached hydrogen (secondary N) is 2. The first-order chi connectivity index (χ1) is 7.36. The lowest BCUT2D eigenvalue weighted by molar-refractivity contribution is 0.0930. The van der Waals surface area contributed by atoms with Crippen molar-refractivity contribution in [1.82, 2.24) is 15.6 Å². The van der Waals surface area contributed by atoms with Crippen molar-refractivity contribution in [3.63, 3.8) is 0 Å². The summed E-state index contributed by atoms with van der Waals surface area (Å²) in [4.78, 5) is 15.6. The van der Waals surface area contributed by atoms with E-state index in [-0.39, 0.29) is 36.8 Å². The molecule has 0 bridgehead atoms. The van der Waals surface area contributed by atoms with Gasteiger partial charge in [-0.2, -0.15) is 0 Å². The van der Waals surface area contributed by atoms with Crippen molar-refractivity contribution in [3.8, 4) is 0 Å². The molecule has 4 nitrogen and oxygen atoms in total. The van der Waals surface area contributed by atoms with E-state index in [9.17, 15) is 4.79 Å². The molecule has 0 aromatic carbocycles. The highest BCUT2D eigenvalue weighted by Crippen LogP contribution is 2.03. The lowest BCUT2D eigenvalue weighted by Crippen LogP contribution is -2.45. The first-order valence-electron chi connectivity index (χ1n) is 5.28. The average molecular weight is 278 g/mol. The van der Waals surface area contributed by atoms with Gasteiger partial charge in [0.1, 0.15) is 0 Å². The second-order valence-corrected chi connectivity index (χ2v) is 3.75. The molecule has 0 radical (unpaired) electrons. The van der Waals surface area contributed by atoms with Gasteiger partial charge in [0.2, 0.25) is 0 Å². The molecule has 2 rings (SSSR count). The molecule has 0 saturated carbocycles. The molecule has 1 amide bonds. The fourth-order valence-corrected chi connectivity index (χ4v) is 1.75. The molecule has 1 fully saturated rings. The molecular weight excluding hydrogens is 261 g/mol. The van der Waals surface area contributed by atoms with E-state index in [0.29, 0.717) is 5.56 Å². The number of hydrogen-bond acceptors (Lipinski definition) is 3. The summed E-state index contributed by atoms with van der Waals surface area (Å²) < 4.78 is 0. The van der Waals surface area contributed by atoms with E-state index in [2.05, 4.69) is 15.6 Å². The average Bonchev–Trinajstić information content (AvgIpc) is 2.31. The van der Waals surface area contributed by atoms with Crippen LogP contribution in [0.2, 0.25) is 0 Å². The maximum Gasteiger partial charge on any atom is 0.251 e. The van der Waals surface area contributed by atoms with Crippen LogP contribution in [0.25, 0.3) is 0 Å². The minimum Gasteiger partial charge on any atom is -0.348 e. The van der Waals surface area contributed by atoms with E-state index in [1.165, 1.54) is 0 Å². The molecule has 1 aliphatic heterocycles. The van der Waals surface area contributed by atoms with Crippen molar-refractivity contribution < 1.29 is 4.79 Å². The van der Waals surface area contributed by atoms with Crippen LogP contribution >= 0.6 is 24.8 Å². The van der Waals surface area contributed by atoms with E-state index in [4.69, 9.17) is 0 Å². The van der Waals surface area contributed by atoms with Crippen LogP contribution in [0.4, 0.5) is 0 Å². The third-order valence-corrected chi connectivity index (χ3v) is 2.57. The van der Waals surface area contributed by atoms with Crippen molar-refractivity contribution in [3.05, 3.63) is 30.1 Å². The molecule has 0 spiro atoms. The Balaban J connectivity index is 0.00000128. The molecule has 2 N–H and O–H groups in total. The topological polar surface area (TPSA) is 54.0 Å². The Bertz CT molecular complexity index is 329. The standard InChI is InChI=1S/C11H15N3O.2ClH/c15-11(9-3-6-12-7-4-9)14-10-2-1-5-13-8-10;;/h3-4,6-7,10,13H,1-2,5,8H2,(H,14,15);2*1H/t10-;;/m1../s1. The Kier molecular flexibility index (Phi) is 7.87. The van der Waals surface area contributed by atoms with E-state index < -0.39 is 0 Å². The van der Waals surface area contributed by atoms with Crippen molar-refractivity contribution in [2.24, 2.45) is 0 Å². The zero-order valence-corrected chi connectivity index (χ0v) is 11.0. The van der Waals surface area contributed by atoms with Gasteiger partial charge in [0.15, 0.2) is 0 Å². The summed E-state index contributed by atoms with van der Waals surface area (Å²) in [5.41, 5.74) is 0.676. The number of nitrogens with zero attached hydrogens (tertiary/aromatic N) is 1. The van der Waals surface area contributed by atoms with Crippen LogP contribution in [-0.4, -0.2) is 30.0 Å². The van der Waals surface area contributed by atoms with Gasteiger partial charge in [0, 0.05) is 30.5 Å². The molecule has 0 aliphatic carbocycles. The Morgan fingerprint density at radius 1 is 1.35 bits per heavy atom. The molecule has 1 saturated heterocycles. The Morgan fingerprint density at radius 3 is 2.65 bits per heavy atom. The number of aromatic nitrogens is 1. The van der Waals surface area contributed by atoms with Crippen LogP contribution in [0.15, 0.2) is 24.5 Å². The first-order valence-corrected chi connectivity index (χ1v) is 5.28. The Labute approximate surface area is 113 Å². The van der Waals surface area contributed by atoms with Crippen molar-refractivity contribution >= 4 is 30.7 Å². The molecule has 1 atom stereocenters. The predicted octanol–water partition coefficient (Wildman–Crippen LogP) is 1.41. The number of amides is 1. The molecular formula is C11H17Cl2N3O. The van der Waals surface area contributed by atoms with Crippen LogP contribution in [0.3, 0.4) is 0 Å². The maximum atomic E-state index is 11.7. The zero-order chi connectivity index (χ0) is 10.5. The van der Waals surface area contributed by atoms with Gasteiger partial charge in [0.05, 0.1) is 0 Å². The molecule has 0 unspecified atom stereocenters. The van der Waals surface area contributed by atoms with E-state index >= 15 is 0 Å². The molecule has 1 aliphatic rings. The van der Waals surface area contributed by atoms with Gasteiger partial charge >= 0.3 is 0 Å². The van der Waals surface area contributed by atoms with Crippen LogP contribution in [0, 0.1) is 0 Å². The number of halogens is 2. The minimum absolute atomic E-state index is 0. The lowest BCUT2D eigenvalue weighted by Gasteiger charge is -2.23. The summed E-state index contributed by atoms with van der Waals surface area (Å²) in [6.45, 7) is 1.93. The molecule has 2 heterocycles. The van der Waals surface area contributed by atoms with Crippen molar-refractivity contribution in [1.29, 1.82) is 0 Å². The van der Waals surface area contributed by atoms with Gasteiger partial charge in [0.25, 0.3) is 5.91 Å². The maximum absolute atomic E-state index is 11.7. The van der Waals surface area contributed by atoms with Gasteiger partial charge in [-0.3, -0.25) is 9.78 Å². The number of pyridine rings is 1. The van der Waals surface area contributed by atoms with Crippen molar-refractivity contribution in [2.75, 3.05) is 13.1 Å². The van der Waals surface area contributed by atoms with Crippen LogP contribution in [0.5, 0.6) is 0 Å². The van der Waals surface area contributed by atoms with Gasteiger partial charge in [-0.05, 0) is 31.5 Å². The van der Waals surface area contributed by atoms with Gasteiger partial charge in [-0.15, -0.1) is 24.8 Å². The van der Waals surface area contributed by atoms with Crippen LogP contribution in [-0.2, 0) is 0 Å². The third kappa shape index (κ3) is 4.89. The third-order valence-electron chi connectivity index (χ3n) is 2.57. The highest BCUT2D eigenvalue weighted by Gasteiger charge is 2.15. The van der Waals surface area contributed by atoms with E-state index in [1.807, 2.05) is 0 Å². The second-order valence-electron chi connectivity index (χ2n) is 3.75. The van der Waals surface area contributed by atoms with E-state index in [1.54, 1.807) is 24.5 Å². The summed E-state index contributed by atoms with van der Waals surface area (Å²) in [6.07, 6.45) is 5.45. The SMILES string of the molecule is Cl.Cl.O=C(N[C@@H]1CCCNC1)c1ccncc1. The fraction of sp³-hybridized carbons (Fsp3) is 0.455. The normalized spacial score (nSPS) is 18.5. The summed E-state index contributed by atoms with van der Waals surface area (Å²) in [5, 5.41) is 6.27. The minimum atomic E-state index is -0.00824. The number of rotatable bonds is 2. The first kappa shape index (κ1) is 16.2. The molecule has 1 aromatic heterocycles. The summed E-state index contributed by atoms with van der Waals surface area (Å²) in [6, 6.07) is 3.72. The second kappa shape index (κ2) is 8.28. The highest BCUT2D eigenvalue weighted by atomic mass is 35.5. The summed E-state index contributed by atoms with van der Waals surface area (Å²) >= 11 is 0. The number of piperidine rings is 1. The van der Waals surface area contributed by atoms with Crippen LogP contribution < -0.4 is 10.6 Å². The molecule has 17 heavy (non-hydrogen) atoms.